The highest BCUT2D eigenvalue weighted by Gasteiger charge is 2.32. The summed E-state index contributed by atoms with van der Waals surface area (Å²) in [5.74, 6) is 0.457. The summed E-state index contributed by atoms with van der Waals surface area (Å²) in [6, 6.07) is 0.936. The second-order valence-corrected chi connectivity index (χ2v) is 8.35. The van der Waals surface area contributed by atoms with Gasteiger partial charge in [-0.3, -0.25) is 4.79 Å². The minimum absolute atomic E-state index is 0.200. The number of carbonyl (C=O) groups is 1. The number of nitrogens with one attached hydrogen (secondary N) is 2. The number of hydrogen-bond donors (Lipinski definition) is 3. The lowest BCUT2D eigenvalue weighted by atomic mass is 9.77. The number of rotatable bonds is 3. The molecule has 2 fully saturated rings. The van der Waals surface area contributed by atoms with E-state index >= 15 is 0 Å². The number of aromatic carboxylic acids is 1. The van der Waals surface area contributed by atoms with E-state index in [0.29, 0.717) is 40.1 Å². The zero-order chi connectivity index (χ0) is 17.6. The molecule has 0 amide bonds. The van der Waals surface area contributed by atoms with Crippen molar-refractivity contribution >= 4 is 27.5 Å². The van der Waals surface area contributed by atoms with Gasteiger partial charge in [-0.05, 0) is 44.1 Å². The molecule has 1 aliphatic heterocycles. The van der Waals surface area contributed by atoms with Crippen molar-refractivity contribution in [1.29, 1.82) is 0 Å². The van der Waals surface area contributed by atoms with Crippen LogP contribution in [-0.2, 0) is 6.42 Å². The molecule has 0 spiro atoms. The Balaban J connectivity index is 1.58. The van der Waals surface area contributed by atoms with Gasteiger partial charge in [0, 0.05) is 18.5 Å². The second-order valence-electron chi connectivity index (χ2n) is 7.35. The van der Waals surface area contributed by atoms with E-state index in [0.717, 1.165) is 23.7 Å². The van der Waals surface area contributed by atoms with Crippen LogP contribution in [0.4, 0.5) is 0 Å². The largest absolute Gasteiger partial charge is 0.477 e. The molecule has 1 saturated heterocycles. The fourth-order valence-corrected chi connectivity index (χ4v) is 5.50. The zero-order valence-corrected chi connectivity index (χ0v) is 15.1. The van der Waals surface area contributed by atoms with E-state index in [1.807, 2.05) is 0 Å². The molecule has 6 nitrogen and oxygen atoms in total. The van der Waals surface area contributed by atoms with Crippen molar-refractivity contribution in [2.24, 2.45) is 5.92 Å². The van der Waals surface area contributed by atoms with Crippen LogP contribution in [0.5, 0.6) is 0 Å². The molecule has 0 bridgehead atoms. The highest BCUT2D eigenvalue weighted by atomic mass is 32.1. The number of nitrogens with zero attached hydrogens (tertiary/aromatic N) is 1. The van der Waals surface area contributed by atoms with E-state index in [-0.39, 0.29) is 10.4 Å². The normalized spacial score (nSPS) is 26.5. The molecule has 25 heavy (non-hydrogen) atoms. The van der Waals surface area contributed by atoms with Crippen molar-refractivity contribution in [3.8, 4) is 0 Å². The molecule has 2 aromatic rings. The number of carboxylic acid groups (broad SMARTS) is 1. The van der Waals surface area contributed by atoms with Crippen LogP contribution < -0.4 is 10.9 Å². The van der Waals surface area contributed by atoms with E-state index in [1.165, 1.54) is 32.1 Å². The third kappa shape index (κ3) is 3.11. The predicted molar refractivity (Wildman–Crippen MR) is 97.5 cm³/mol. The lowest BCUT2D eigenvalue weighted by Gasteiger charge is -2.40. The summed E-state index contributed by atoms with van der Waals surface area (Å²) in [5, 5.41) is 13.4. The van der Waals surface area contributed by atoms with Gasteiger partial charge in [-0.2, -0.15) is 0 Å². The highest BCUT2D eigenvalue weighted by molar-refractivity contribution is 7.20. The quantitative estimate of drug-likeness (QED) is 0.781. The Morgan fingerprint density at radius 3 is 2.88 bits per heavy atom. The summed E-state index contributed by atoms with van der Waals surface area (Å²) in [5.41, 5.74) is 0.279. The maximum atomic E-state index is 12.4. The average Bonchev–Trinajstić information content (AvgIpc) is 2.92. The number of fused-ring (bicyclic) bond motifs is 2. The molecular formula is C18H23N3O3S. The smallest absolute Gasteiger partial charge is 0.346 e. The number of aromatic nitrogens is 2. The van der Waals surface area contributed by atoms with Gasteiger partial charge in [0.25, 0.3) is 5.56 Å². The fraction of sp³-hybridized carbons (Fsp3) is 0.611. The second kappa shape index (κ2) is 6.53. The Hall–Kier alpha value is -1.73. The summed E-state index contributed by atoms with van der Waals surface area (Å²) in [6.07, 6.45) is 8.27. The van der Waals surface area contributed by atoms with Crippen molar-refractivity contribution < 1.29 is 9.90 Å². The molecule has 3 atom stereocenters. The molecule has 0 aromatic carbocycles. The molecule has 2 aliphatic rings. The average molecular weight is 361 g/mol. The van der Waals surface area contributed by atoms with E-state index < -0.39 is 5.97 Å². The third-order valence-electron chi connectivity index (χ3n) is 5.73. The number of aryl methyl sites for hydroxylation is 1. The first-order chi connectivity index (χ1) is 12.0. The van der Waals surface area contributed by atoms with Crippen molar-refractivity contribution in [3.63, 3.8) is 0 Å². The number of thiophene rings is 1. The molecule has 3 unspecified atom stereocenters. The SMILES string of the molecule is Cc1c(C(=O)O)sc2nc(CC3CCC4CCCCC4N3)[nH]c(=O)c12. The predicted octanol–water partition coefficient (Wildman–Crippen LogP) is 2.84. The van der Waals surface area contributed by atoms with Gasteiger partial charge in [-0.25, -0.2) is 9.78 Å². The van der Waals surface area contributed by atoms with Gasteiger partial charge in [0.05, 0.1) is 5.39 Å². The molecular weight excluding hydrogens is 338 g/mol. The van der Waals surface area contributed by atoms with Crippen LogP contribution >= 0.6 is 11.3 Å². The van der Waals surface area contributed by atoms with Crippen molar-refractivity contribution in [2.45, 2.75) is 64.0 Å². The van der Waals surface area contributed by atoms with Crippen LogP contribution in [0.3, 0.4) is 0 Å². The van der Waals surface area contributed by atoms with Gasteiger partial charge < -0.3 is 15.4 Å². The van der Waals surface area contributed by atoms with Crippen LogP contribution in [0.15, 0.2) is 4.79 Å². The summed E-state index contributed by atoms with van der Waals surface area (Å²) < 4.78 is 0. The monoisotopic (exact) mass is 361 g/mol. The van der Waals surface area contributed by atoms with E-state index in [1.54, 1.807) is 6.92 Å². The maximum Gasteiger partial charge on any atom is 0.346 e. The zero-order valence-electron chi connectivity index (χ0n) is 14.3. The van der Waals surface area contributed by atoms with Crippen LogP contribution in [0.1, 0.15) is 59.6 Å². The molecule has 3 N–H and O–H groups in total. The summed E-state index contributed by atoms with van der Waals surface area (Å²) >= 11 is 1.09. The van der Waals surface area contributed by atoms with Crippen LogP contribution in [0.2, 0.25) is 0 Å². The Kier molecular flexibility index (Phi) is 4.37. The van der Waals surface area contributed by atoms with Crippen molar-refractivity contribution in [2.75, 3.05) is 0 Å². The number of carboxylic acids is 1. The molecule has 3 heterocycles. The Labute approximate surface area is 149 Å². The summed E-state index contributed by atoms with van der Waals surface area (Å²) in [4.78, 5) is 31.9. The number of piperidine rings is 1. The molecule has 1 aliphatic carbocycles. The van der Waals surface area contributed by atoms with Gasteiger partial charge in [-0.15, -0.1) is 11.3 Å². The number of H-pyrrole nitrogens is 1. The Morgan fingerprint density at radius 2 is 2.08 bits per heavy atom. The van der Waals surface area contributed by atoms with Crippen molar-refractivity contribution in [3.05, 3.63) is 26.6 Å². The Morgan fingerprint density at radius 1 is 1.28 bits per heavy atom. The summed E-state index contributed by atoms with van der Waals surface area (Å²) in [7, 11) is 0. The van der Waals surface area contributed by atoms with Gasteiger partial charge in [0.1, 0.15) is 15.5 Å². The molecule has 1 saturated carbocycles. The first kappa shape index (κ1) is 16.7. The number of aromatic amines is 1. The van der Waals surface area contributed by atoms with E-state index in [4.69, 9.17) is 0 Å². The molecule has 2 aromatic heterocycles. The number of hydrogen-bond acceptors (Lipinski definition) is 5. The lowest BCUT2D eigenvalue weighted by molar-refractivity contribution is 0.0701. The van der Waals surface area contributed by atoms with Crippen LogP contribution in [0, 0.1) is 12.8 Å². The lowest BCUT2D eigenvalue weighted by Crippen LogP contribution is -2.49. The van der Waals surface area contributed by atoms with Gasteiger partial charge >= 0.3 is 5.97 Å². The molecule has 4 rings (SSSR count). The van der Waals surface area contributed by atoms with Gasteiger partial charge in [-0.1, -0.05) is 12.8 Å². The van der Waals surface area contributed by atoms with Gasteiger partial charge in [0.15, 0.2) is 0 Å². The minimum atomic E-state index is -1.00. The van der Waals surface area contributed by atoms with Crippen molar-refractivity contribution in [1.82, 2.24) is 15.3 Å². The minimum Gasteiger partial charge on any atom is -0.477 e. The van der Waals surface area contributed by atoms with Crippen LogP contribution in [0.25, 0.3) is 10.2 Å². The highest BCUT2D eigenvalue weighted by Crippen LogP contribution is 2.33. The van der Waals surface area contributed by atoms with Crippen LogP contribution in [-0.4, -0.2) is 33.1 Å². The maximum absolute atomic E-state index is 12.4. The van der Waals surface area contributed by atoms with Gasteiger partial charge in [0.2, 0.25) is 0 Å². The first-order valence-electron chi connectivity index (χ1n) is 9.04. The first-order valence-corrected chi connectivity index (χ1v) is 9.86. The summed E-state index contributed by atoms with van der Waals surface area (Å²) in [6.45, 7) is 1.67. The standard InChI is InChI=1S/C18H23N3O3S/c1-9-14-16(22)20-13(21-17(14)25-15(9)18(23)24)8-11-7-6-10-4-2-3-5-12(10)19-11/h10-12,19H,2-8H2,1H3,(H,23,24)(H,20,21,22). The fourth-order valence-electron chi connectivity index (χ4n) is 4.46. The molecule has 134 valence electrons. The molecule has 7 heteroatoms. The topological polar surface area (TPSA) is 95.1 Å². The van der Waals surface area contributed by atoms with E-state index in [9.17, 15) is 14.7 Å². The molecule has 0 radical (unpaired) electrons. The third-order valence-corrected chi connectivity index (χ3v) is 6.90. The van der Waals surface area contributed by atoms with E-state index in [2.05, 4.69) is 15.3 Å². The Bertz CT molecular complexity index is 872.